The molecule has 5 heteroatoms. The van der Waals surface area contributed by atoms with Gasteiger partial charge in [0.1, 0.15) is 0 Å². The van der Waals surface area contributed by atoms with Crippen molar-refractivity contribution in [2.24, 2.45) is 5.92 Å². The zero-order chi connectivity index (χ0) is 19.8. The lowest BCUT2D eigenvalue weighted by atomic mass is 9.94. The molecule has 27 heavy (non-hydrogen) atoms. The van der Waals surface area contributed by atoms with Gasteiger partial charge < -0.3 is 5.11 Å². The molecule has 1 N–H and O–H groups in total. The maximum absolute atomic E-state index is 11.9. The summed E-state index contributed by atoms with van der Waals surface area (Å²) >= 11 is 0. The minimum Gasteiger partial charge on any atom is -0.478 e. The van der Waals surface area contributed by atoms with Crippen LogP contribution in [0.2, 0.25) is 0 Å². The summed E-state index contributed by atoms with van der Waals surface area (Å²) in [5.74, 6) is -0.522. The van der Waals surface area contributed by atoms with Gasteiger partial charge in [0, 0.05) is 6.26 Å². The summed E-state index contributed by atoms with van der Waals surface area (Å²) in [6, 6.07) is 12.0. The number of hydrogen-bond donors (Lipinski definition) is 1. The lowest BCUT2D eigenvalue weighted by Gasteiger charge is -2.11. The van der Waals surface area contributed by atoms with Gasteiger partial charge >= 0.3 is 5.97 Å². The topological polar surface area (TPSA) is 71.4 Å². The molecule has 0 unspecified atom stereocenters. The van der Waals surface area contributed by atoms with Crippen molar-refractivity contribution < 1.29 is 18.3 Å². The average Bonchev–Trinajstić information content (AvgIpc) is 2.90. The summed E-state index contributed by atoms with van der Waals surface area (Å²) in [5.41, 5.74) is 5.05. The minimum absolute atomic E-state index is 0.240. The molecule has 0 radical (unpaired) electrons. The number of hydrogen-bond acceptors (Lipinski definition) is 3. The fraction of sp³-hybridized carbons (Fsp3) is 0.227. The third kappa shape index (κ3) is 4.19. The molecule has 0 fully saturated rings. The van der Waals surface area contributed by atoms with Gasteiger partial charge in [-0.15, -0.1) is 0 Å². The Bertz CT molecular complexity index is 1070. The van der Waals surface area contributed by atoms with Gasteiger partial charge in [0.05, 0.1) is 10.5 Å². The normalized spacial score (nSPS) is 15.1. The van der Waals surface area contributed by atoms with E-state index in [0.717, 1.165) is 34.3 Å². The summed E-state index contributed by atoms with van der Waals surface area (Å²) in [4.78, 5) is 11.5. The number of carbonyl (C=O) groups is 1. The van der Waals surface area contributed by atoms with Crippen LogP contribution in [-0.4, -0.2) is 25.7 Å². The van der Waals surface area contributed by atoms with Crippen LogP contribution in [0.5, 0.6) is 0 Å². The van der Waals surface area contributed by atoms with Gasteiger partial charge in [-0.2, -0.15) is 0 Å². The molecular formula is C22H22O4S. The first-order valence-electron chi connectivity index (χ1n) is 8.75. The van der Waals surface area contributed by atoms with Crippen LogP contribution in [0.3, 0.4) is 0 Å². The highest BCUT2D eigenvalue weighted by atomic mass is 32.2. The van der Waals surface area contributed by atoms with Crippen LogP contribution in [0.1, 0.15) is 47.3 Å². The average molecular weight is 382 g/mol. The Balaban J connectivity index is 2.12. The van der Waals surface area contributed by atoms with Gasteiger partial charge in [0.15, 0.2) is 9.84 Å². The van der Waals surface area contributed by atoms with E-state index in [-0.39, 0.29) is 5.56 Å². The lowest BCUT2D eigenvalue weighted by Crippen LogP contribution is -1.98. The van der Waals surface area contributed by atoms with E-state index in [1.165, 1.54) is 6.26 Å². The maximum atomic E-state index is 11.9. The van der Waals surface area contributed by atoms with Crippen molar-refractivity contribution in [3.05, 3.63) is 70.3 Å². The number of benzene rings is 2. The molecule has 0 amide bonds. The van der Waals surface area contributed by atoms with Crippen molar-refractivity contribution in [3.63, 3.8) is 0 Å². The van der Waals surface area contributed by atoms with E-state index < -0.39 is 15.8 Å². The van der Waals surface area contributed by atoms with Crippen LogP contribution in [0.25, 0.3) is 17.7 Å². The third-order valence-electron chi connectivity index (χ3n) is 4.49. The lowest BCUT2D eigenvalue weighted by molar-refractivity contribution is 0.0697. The number of sulfone groups is 1. The monoisotopic (exact) mass is 382 g/mol. The van der Waals surface area contributed by atoms with Crippen LogP contribution in [0, 0.1) is 5.92 Å². The second-order valence-corrected chi connectivity index (χ2v) is 9.29. The minimum atomic E-state index is -3.27. The first kappa shape index (κ1) is 19.1. The SMILES string of the molecule is CC(C)CC1=Cc2cc(S(C)(=O)=O)ccc2/C1=C\c1cccc(C(=O)O)c1. The van der Waals surface area contributed by atoms with Gasteiger partial charge in [-0.3, -0.25) is 0 Å². The van der Waals surface area contributed by atoms with Crippen molar-refractivity contribution in [1.29, 1.82) is 0 Å². The Hall–Kier alpha value is -2.66. The number of rotatable bonds is 5. The molecule has 0 aromatic heterocycles. The molecule has 4 nitrogen and oxygen atoms in total. The molecule has 0 atom stereocenters. The molecule has 0 aliphatic heterocycles. The molecule has 2 aromatic rings. The van der Waals surface area contributed by atoms with Crippen LogP contribution >= 0.6 is 0 Å². The predicted molar refractivity (Wildman–Crippen MR) is 108 cm³/mol. The molecular weight excluding hydrogens is 360 g/mol. The highest BCUT2D eigenvalue weighted by Gasteiger charge is 2.21. The number of carboxylic acids is 1. The van der Waals surface area contributed by atoms with E-state index in [1.807, 2.05) is 24.3 Å². The Morgan fingerprint density at radius 1 is 1.15 bits per heavy atom. The van der Waals surface area contributed by atoms with Gasteiger partial charge in [-0.05, 0) is 70.5 Å². The van der Waals surface area contributed by atoms with Crippen LogP contribution in [0.15, 0.2) is 52.9 Å². The molecule has 0 bridgehead atoms. The van der Waals surface area contributed by atoms with Crippen LogP contribution < -0.4 is 0 Å². The second-order valence-electron chi connectivity index (χ2n) is 7.28. The molecule has 0 saturated heterocycles. The Morgan fingerprint density at radius 2 is 1.89 bits per heavy atom. The van der Waals surface area contributed by atoms with E-state index in [0.29, 0.717) is 10.8 Å². The number of aromatic carboxylic acids is 1. The molecule has 0 saturated carbocycles. The van der Waals surface area contributed by atoms with Gasteiger partial charge in [0.25, 0.3) is 0 Å². The van der Waals surface area contributed by atoms with Crippen molar-refractivity contribution in [2.75, 3.05) is 6.26 Å². The summed E-state index contributed by atoms with van der Waals surface area (Å²) in [5, 5.41) is 9.22. The van der Waals surface area contributed by atoms with Crippen molar-refractivity contribution in [2.45, 2.75) is 25.2 Å². The molecule has 1 aliphatic carbocycles. The van der Waals surface area contributed by atoms with Gasteiger partial charge in [-0.1, -0.05) is 38.1 Å². The van der Waals surface area contributed by atoms with Crippen molar-refractivity contribution >= 4 is 33.5 Å². The Labute approximate surface area is 159 Å². The zero-order valence-electron chi connectivity index (χ0n) is 15.6. The Kier molecular flexibility index (Phi) is 5.07. The number of carboxylic acid groups (broad SMARTS) is 1. The quantitative estimate of drug-likeness (QED) is 0.808. The summed E-state index contributed by atoms with van der Waals surface area (Å²) in [6.45, 7) is 4.27. The van der Waals surface area contributed by atoms with Gasteiger partial charge in [-0.25, -0.2) is 13.2 Å². The first-order chi connectivity index (χ1) is 12.6. The second kappa shape index (κ2) is 7.16. The van der Waals surface area contributed by atoms with Crippen molar-refractivity contribution in [3.8, 4) is 0 Å². The molecule has 0 heterocycles. The zero-order valence-corrected chi connectivity index (χ0v) is 16.4. The summed E-state index contributed by atoms with van der Waals surface area (Å²) in [7, 11) is -3.27. The first-order valence-corrected chi connectivity index (χ1v) is 10.6. The molecule has 3 rings (SSSR count). The highest BCUT2D eigenvalue weighted by molar-refractivity contribution is 7.90. The fourth-order valence-electron chi connectivity index (χ4n) is 3.28. The van der Waals surface area contributed by atoms with Crippen LogP contribution in [0.4, 0.5) is 0 Å². The smallest absolute Gasteiger partial charge is 0.335 e. The Morgan fingerprint density at radius 3 is 2.52 bits per heavy atom. The highest BCUT2D eigenvalue weighted by Crippen LogP contribution is 2.40. The molecule has 0 spiro atoms. The van der Waals surface area contributed by atoms with E-state index in [4.69, 9.17) is 0 Å². The number of fused-ring (bicyclic) bond motifs is 1. The van der Waals surface area contributed by atoms with Crippen LogP contribution in [-0.2, 0) is 9.84 Å². The molecule has 140 valence electrons. The molecule has 1 aliphatic rings. The van der Waals surface area contributed by atoms with Crippen molar-refractivity contribution in [1.82, 2.24) is 0 Å². The fourth-order valence-corrected chi connectivity index (χ4v) is 3.94. The largest absolute Gasteiger partial charge is 0.478 e. The van der Waals surface area contributed by atoms with E-state index in [2.05, 4.69) is 13.8 Å². The number of allylic oxidation sites excluding steroid dienone is 2. The standard InChI is InChI=1S/C22H22O4S/c1-14(2)9-17-12-18-13-19(27(3,25)26)7-8-20(18)21(17)11-15-5-4-6-16(10-15)22(23)24/h4-8,10-14H,9H2,1-3H3,(H,23,24)/b21-11-. The third-order valence-corrected chi connectivity index (χ3v) is 5.60. The molecule has 2 aromatic carbocycles. The van der Waals surface area contributed by atoms with E-state index >= 15 is 0 Å². The van der Waals surface area contributed by atoms with E-state index in [9.17, 15) is 18.3 Å². The summed E-state index contributed by atoms with van der Waals surface area (Å²) in [6.07, 6.45) is 6.08. The predicted octanol–water partition coefficient (Wildman–Crippen LogP) is 4.77. The van der Waals surface area contributed by atoms with E-state index in [1.54, 1.807) is 30.3 Å². The van der Waals surface area contributed by atoms with Gasteiger partial charge in [0.2, 0.25) is 0 Å². The summed E-state index contributed by atoms with van der Waals surface area (Å²) < 4.78 is 23.7. The maximum Gasteiger partial charge on any atom is 0.335 e.